The van der Waals surface area contributed by atoms with E-state index in [2.05, 4.69) is 4.90 Å². The fraction of sp³-hybridized carbons (Fsp3) is 0.357. The van der Waals surface area contributed by atoms with E-state index in [1.54, 1.807) is 28.7 Å². The van der Waals surface area contributed by atoms with Crippen molar-refractivity contribution in [1.82, 2.24) is 14.3 Å². The Kier molecular flexibility index (Phi) is 7.56. The molecule has 2 atom stereocenters. The first-order valence-corrected chi connectivity index (χ1v) is 13.8. The molecule has 2 saturated heterocycles. The molecule has 38 heavy (non-hydrogen) atoms. The second-order valence-electron chi connectivity index (χ2n) is 9.63. The van der Waals surface area contributed by atoms with Crippen molar-refractivity contribution in [3.8, 4) is 5.75 Å². The van der Waals surface area contributed by atoms with Gasteiger partial charge in [-0.25, -0.2) is 4.98 Å². The molecule has 3 aromatic rings. The molecule has 5 rings (SSSR count). The lowest BCUT2D eigenvalue weighted by atomic mass is 10.1. The fourth-order valence-corrected chi connectivity index (χ4v) is 6.17. The van der Waals surface area contributed by atoms with Crippen molar-refractivity contribution in [2.75, 3.05) is 31.6 Å². The van der Waals surface area contributed by atoms with Gasteiger partial charge in [0.25, 0.3) is 11.5 Å². The van der Waals surface area contributed by atoms with E-state index in [0.717, 1.165) is 16.9 Å². The van der Waals surface area contributed by atoms with Crippen LogP contribution in [0.1, 0.15) is 30.5 Å². The van der Waals surface area contributed by atoms with Gasteiger partial charge in [-0.15, -0.1) is 0 Å². The van der Waals surface area contributed by atoms with E-state index in [-0.39, 0.29) is 23.7 Å². The number of methoxy groups -OCH3 is 1. The van der Waals surface area contributed by atoms with E-state index in [9.17, 15) is 9.59 Å². The molecule has 2 aromatic heterocycles. The van der Waals surface area contributed by atoms with E-state index in [0.29, 0.717) is 52.3 Å². The number of carbonyl (C=O) groups is 1. The number of ether oxygens (including phenoxy) is 2. The Morgan fingerprint density at radius 2 is 1.87 bits per heavy atom. The summed E-state index contributed by atoms with van der Waals surface area (Å²) in [6.45, 7) is 7.60. The second-order valence-corrected chi connectivity index (χ2v) is 11.3. The summed E-state index contributed by atoms with van der Waals surface area (Å²) in [5, 5.41) is 0. The molecule has 1 amide bonds. The second kappa shape index (κ2) is 10.9. The van der Waals surface area contributed by atoms with Crippen LogP contribution in [0.15, 0.2) is 52.3 Å². The van der Waals surface area contributed by atoms with Crippen molar-refractivity contribution in [2.24, 2.45) is 0 Å². The molecule has 2 fully saturated rings. The van der Waals surface area contributed by atoms with E-state index in [1.165, 1.54) is 11.8 Å². The molecule has 2 aliphatic rings. The summed E-state index contributed by atoms with van der Waals surface area (Å²) in [4.78, 5) is 36.2. The maximum atomic E-state index is 13.8. The highest BCUT2D eigenvalue weighted by Crippen LogP contribution is 2.34. The Hall–Kier alpha value is -3.21. The summed E-state index contributed by atoms with van der Waals surface area (Å²) in [6, 6.07) is 11.5. The number of carbonyl (C=O) groups excluding carboxylic acids is 1. The van der Waals surface area contributed by atoms with Crippen molar-refractivity contribution < 1.29 is 14.3 Å². The molecule has 1 aromatic carbocycles. The third-order valence-corrected chi connectivity index (χ3v) is 8.09. The van der Waals surface area contributed by atoms with Gasteiger partial charge in [0.05, 0.1) is 29.8 Å². The number of thioether (sulfide) groups is 1. The minimum absolute atomic E-state index is 0.0140. The number of hydrogen-bond acceptors (Lipinski definition) is 8. The highest BCUT2D eigenvalue weighted by atomic mass is 32.2. The first-order chi connectivity index (χ1) is 18.2. The molecular formula is C28H30N4O4S2. The molecule has 0 bridgehead atoms. The Balaban J connectivity index is 1.49. The van der Waals surface area contributed by atoms with Crippen LogP contribution in [0.25, 0.3) is 11.7 Å². The van der Waals surface area contributed by atoms with Crippen LogP contribution in [0.2, 0.25) is 0 Å². The number of rotatable bonds is 6. The summed E-state index contributed by atoms with van der Waals surface area (Å²) in [5.41, 5.74) is 2.74. The molecule has 0 aliphatic carbocycles. The predicted octanol–water partition coefficient (Wildman–Crippen LogP) is 4.07. The van der Waals surface area contributed by atoms with Gasteiger partial charge in [-0.2, -0.15) is 0 Å². The molecule has 0 N–H and O–H groups in total. The molecule has 0 radical (unpaired) electrons. The van der Waals surface area contributed by atoms with Crippen LogP contribution in [-0.2, 0) is 16.0 Å². The average Bonchev–Trinajstić information content (AvgIpc) is 3.16. The maximum Gasteiger partial charge on any atom is 0.267 e. The minimum atomic E-state index is -0.219. The van der Waals surface area contributed by atoms with Gasteiger partial charge >= 0.3 is 0 Å². The molecule has 10 heteroatoms. The molecule has 0 saturated carbocycles. The topological polar surface area (TPSA) is 76.4 Å². The Bertz CT molecular complexity index is 1470. The highest BCUT2D eigenvalue weighted by molar-refractivity contribution is 8.26. The van der Waals surface area contributed by atoms with Crippen LogP contribution < -0.4 is 15.2 Å². The summed E-state index contributed by atoms with van der Waals surface area (Å²) in [7, 11) is 1.63. The lowest BCUT2D eigenvalue weighted by molar-refractivity contribution is -0.122. The number of aryl methyl sites for hydroxylation is 1. The number of aromatic nitrogens is 2. The van der Waals surface area contributed by atoms with E-state index < -0.39 is 0 Å². The third-order valence-electron chi connectivity index (χ3n) is 6.72. The number of anilines is 1. The summed E-state index contributed by atoms with van der Waals surface area (Å²) >= 11 is 6.78. The number of amides is 1. The smallest absolute Gasteiger partial charge is 0.267 e. The number of benzene rings is 1. The molecule has 8 nitrogen and oxygen atoms in total. The van der Waals surface area contributed by atoms with Crippen LogP contribution in [0.3, 0.4) is 0 Å². The summed E-state index contributed by atoms with van der Waals surface area (Å²) in [5.74, 6) is 1.15. The first-order valence-electron chi connectivity index (χ1n) is 12.6. The molecular weight excluding hydrogens is 520 g/mol. The average molecular weight is 551 g/mol. The number of nitrogens with zero attached hydrogens (tertiary/aromatic N) is 4. The van der Waals surface area contributed by atoms with Crippen molar-refractivity contribution in [3.05, 3.63) is 74.5 Å². The zero-order valence-electron chi connectivity index (χ0n) is 21.8. The molecule has 0 unspecified atom stereocenters. The van der Waals surface area contributed by atoms with Crippen LogP contribution in [-0.4, -0.2) is 63.5 Å². The van der Waals surface area contributed by atoms with Crippen LogP contribution >= 0.6 is 24.0 Å². The number of thiocarbonyl (C=S) groups is 1. The standard InChI is InChI=1S/C28H30N4O4S2/c1-17-6-5-12-31-24(17)29-25(30-15-18(2)36-19(3)16-30)22(26(31)33)14-23-27(34)32(28(37)38-23)13-11-20-7-9-21(35-4)10-8-20/h5-10,12,14,18-19H,11,13,15-16H2,1-4H3/b23-14-/t18-,19-/m0/s1. The van der Waals surface area contributed by atoms with Gasteiger partial charge < -0.3 is 14.4 Å². The van der Waals surface area contributed by atoms with Gasteiger partial charge in [0.1, 0.15) is 21.5 Å². The van der Waals surface area contributed by atoms with Gasteiger partial charge in [-0.05, 0) is 62.6 Å². The zero-order valence-corrected chi connectivity index (χ0v) is 23.5. The summed E-state index contributed by atoms with van der Waals surface area (Å²) < 4.78 is 13.2. The van der Waals surface area contributed by atoms with Crippen molar-refractivity contribution in [2.45, 2.75) is 39.4 Å². The number of pyridine rings is 1. The number of hydrogen-bond donors (Lipinski definition) is 0. The first kappa shape index (κ1) is 26.4. The number of fused-ring (bicyclic) bond motifs is 1. The molecule has 4 heterocycles. The third kappa shape index (κ3) is 5.21. The maximum absolute atomic E-state index is 13.8. The normalized spacial score (nSPS) is 21.1. The highest BCUT2D eigenvalue weighted by Gasteiger charge is 2.33. The lowest BCUT2D eigenvalue weighted by Crippen LogP contribution is -2.46. The van der Waals surface area contributed by atoms with Crippen LogP contribution in [0, 0.1) is 6.92 Å². The Morgan fingerprint density at radius 3 is 2.55 bits per heavy atom. The molecule has 198 valence electrons. The SMILES string of the molecule is COc1ccc(CCN2C(=O)/C(=C/c3c(N4C[C@H](C)O[C@@H](C)C4)nc4c(C)cccn4c3=O)SC2=S)cc1. The molecule has 2 aliphatic heterocycles. The Morgan fingerprint density at radius 1 is 1.16 bits per heavy atom. The zero-order chi connectivity index (χ0) is 27.0. The predicted molar refractivity (Wildman–Crippen MR) is 155 cm³/mol. The minimum Gasteiger partial charge on any atom is -0.497 e. The van der Waals surface area contributed by atoms with E-state index in [4.69, 9.17) is 26.7 Å². The van der Waals surface area contributed by atoms with Gasteiger partial charge in [0, 0.05) is 25.8 Å². The Labute approximate surface area is 231 Å². The largest absolute Gasteiger partial charge is 0.497 e. The van der Waals surface area contributed by atoms with Gasteiger partial charge in [-0.3, -0.25) is 18.9 Å². The van der Waals surface area contributed by atoms with Gasteiger partial charge in [0.15, 0.2) is 0 Å². The molecule has 0 spiro atoms. The van der Waals surface area contributed by atoms with E-state index >= 15 is 0 Å². The monoisotopic (exact) mass is 550 g/mol. The van der Waals surface area contributed by atoms with Crippen molar-refractivity contribution in [1.29, 1.82) is 0 Å². The lowest BCUT2D eigenvalue weighted by Gasteiger charge is -2.36. The quantitative estimate of drug-likeness (QED) is 0.336. The van der Waals surface area contributed by atoms with Crippen molar-refractivity contribution >= 4 is 51.7 Å². The summed E-state index contributed by atoms with van der Waals surface area (Å²) in [6.07, 6.45) is 4.00. The van der Waals surface area contributed by atoms with Gasteiger partial charge in [0.2, 0.25) is 0 Å². The van der Waals surface area contributed by atoms with Gasteiger partial charge in [-0.1, -0.05) is 42.2 Å². The van der Waals surface area contributed by atoms with E-state index in [1.807, 2.05) is 57.2 Å². The van der Waals surface area contributed by atoms with Crippen LogP contribution in [0.4, 0.5) is 5.82 Å². The number of morpholine rings is 1. The van der Waals surface area contributed by atoms with Crippen molar-refractivity contribution in [3.63, 3.8) is 0 Å². The fourth-order valence-electron chi connectivity index (χ4n) is 4.88. The van der Waals surface area contributed by atoms with Crippen LogP contribution in [0.5, 0.6) is 5.75 Å².